The molecule has 0 aromatic heterocycles. The fourth-order valence-electron chi connectivity index (χ4n) is 2.70. The molecule has 128 valence electrons. The number of anilines is 2. The Labute approximate surface area is 147 Å². The zero-order valence-corrected chi connectivity index (χ0v) is 14.0. The number of ether oxygens (including phenoxy) is 1. The van der Waals surface area contributed by atoms with Gasteiger partial charge in [0.05, 0.1) is 6.61 Å². The van der Waals surface area contributed by atoms with Crippen LogP contribution in [0.25, 0.3) is 22.3 Å². The van der Waals surface area contributed by atoms with Crippen LogP contribution in [0.4, 0.5) is 11.4 Å². The number of aliphatic hydroxyl groups excluding tert-OH is 1. The van der Waals surface area contributed by atoms with Crippen molar-refractivity contribution in [1.29, 1.82) is 0 Å². The standard InChI is InChI=1S/C21H22N2O2/c22-19-12-18(13-20(23)14-19)17-4-2-15(3-5-17)16-6-8-21(9-7-16)25-11-1-10-24/h2-9,12-14,24H,1,10-11,22-23H2. The molecular formula is C21H22N2O2. The van der Waals surface area contributed by atoms with Crippen molar-refractivity contribution in [2.24, 2.45) is 0 Å². The lowest BCUT2D eigenvalue weighted by Crippen LogP contribution is -1.99. The van der Waals surface area contributed by atoms with E-state index in [1.807, 2.05) is 36.4 Å². The molecule has 3 rings (SSSR count). The Kier molecular flexibility index (Phi) is 5.21. The second-order valence-electron chi connectivity index (χ2n) is 5.92. The summed E-state index contributed by atoms with van der Waals surface area (Å²) in [5.74, 6) is 0.809. The summed E-state index contributed by atoms with van der Waals surface area (Å²) in [6, 6.07) is 21.8. The molecule has 0 aliphatic carbocycles. The van der Waals surface area contributed by atoms with Gasteiger partial charge in [0.1, 0.15) is 5.75 Å². The minimum atomic E-state index is 0.142. The highest BCUT2D eigenvalue weighted by molar-refractivity contribution is 5.75. The molecule has 25 heavy (non-hydrogen) atoms. The van der Waals surface area contributed by atoms with Gasteiger partial charge < -0.3 is 21.3 Å². The van der Waals surface area contributed by atoms with Crippen LogP contribution in [0.2, 0.25) is 0 Å². The van der Waals surface area contributed by atoms with Gasteiger partial charge in [0.2, 0.25) is 0 Å². The number of aliphatic hydroxyl groups is 1. The van der Waals surface area contributed by atoms with Gasteiger partial charge in [0, 0.05) is 24.4 Å². The molecule has 0 fully saturated rings. The van der Waals surface area contributed by atoms with E-state index in [1.165, 1.54) is 0 Å². The summed E-state index contributed by atoms with van der Waals surface area (Å²) in [4.78, 5) is 0. The number of hydrogen-bond donors (Lipinski definition) is 3. The van der Waals surface area contributed by atoms with Crippen molar-refractivity contribution < 1.29 is 9.84 Å². The first kappa shape index (κ1) is 16.9. The lowest BCUT2D eigenvalue weighted by atomic mass is 9.99. The van der Waals surface area contributed by atoms with E-state index >= 15 is 0 Å². The van der Waals surface area contributed by atoms with Crippen LogP contribution >= 0.6 is 0 Å². The van der Waals surface area contributed by atoms with Gasteiger partial charge in [-0.1, -0.05) is 36.4 Å². The first-order chi connectivity index (χ1) is 12.2. The second kappa shape index (κ2) is 7.73. The summed E-state index contributed by atoms with van der Waals surface area (Å²) < 4.78 is 5.55. The van der Waals surface area contributed by atoms with Gasteiger partial charge in [-0.05, 0) is 52.6 Å². The Morgan fingerprint density at radius 3 is 1.68 bits per heavy atom. The van der Waals surface area contributed by atoms with Crippen LogP contribution < -0.4 is 16.2 Å². The second-order valence-corrected chi connectivity index (χ2v) is 5.92. The summed E-state index contributed by atoms with van der Waals surface area (Å²) in [5.41, 5.74) is 17.4. The van der Waals surface area contributed by atoms with E-state index in [0.717, 1.165) is 28.0 Å². The molecule has 0 aliphatic heterocycles. The van der Waals surface area contributed by atoms with Crippen LogP contribution in [0.1, 0.15) is 6.42 Å². The maximum absolute atomic E-state index is 8.78. The van der Waals surface area contributed by atoms with Gasteiger partial charge in [-0.3, -0.25) is 0 Å². The summed E-state index contributed by atoms with van der Waals surface area (Å²) in [6.45, 7) is 0.664. The van der Waals surface area contributed by atoms with E-state index in [2.05, 4.69) is 24.3 Å². The fourth-order valence-corrected chi connectivity index (χ4v) is 2.70. The Morgan fingerprint density at radius 2 is 1.16 bits per heavy atom. The van der Waals surface area contributed by atoms with Crippen molar-refractivity contribution in [3.63, 3.8) is 0 Å². The third kappa shape index (κ3) is 4.31. The SMILES string of the molecule is Nc1cc(N)cc(-c2ccc(-c3ccc(OCCCO)cc3)cc2)c1. The highest BCUT2D eigenvalue weighted by Crippen LogP contribution is 2.28. The van der Waals surface area contributed by atoms with E-state index in [0.29, 0.717) is 24.4 Å². The molecule has 3 aromatic rings. The van der Waals surface area contributed by atoms with Crippen molar-refractivity contribution in [3.8, 4) is 28.0 Å². The maximum atomic E-state index is 8.78. The third-order valence-corrected chi connectivity index (χ3v) is 3.95. The first-order valence-electron chi connectivity index (χ1n) is 8.26. The zero-order chi connectivity index (χ0) is 17.6. The Bertz CT molecular complexity index is 807. The minimum Gasteiger partial charge on any atom is -0.494 e. The van der Waals surface area contributed by atoms with Gasteiger partial charge in [0.25, 0.3) is 0 Å². The van der Waals surface area contributed by atoms with Crippen LogP contribution in [-0.4, -0.2) is 18.3 Å². The first-order valence-corrected chi connectivity index (χ1v) is 8.26. The van der Waals surface area contributed by atoms with Gasteiger partial charge in [-0.15, -0.1) is 0 Å². The third-order valence-electron chi connectivity index (χ3n) is 3.95. The van der Waals surface area contributed by atoms with Gasteiger partial charge in [0.15, 0.2) is 0 Å². The number of rotatable bonds is 6. The number of benzene rings is 3. The lowest BCUT2D eigenvalue weighted by Gasteiger charge is -2.08. The average molecular weight is 334 g/mol. The normalized spacial score (nSPS) is 10.6. The average Bonchev–Trinajstić information content (AvgIpc) is 2.62. The molecule has 4 nitrogen and oxygen atoms in total. The summed E-state index contributed by atoms with van der Waals surface area (Å²) in [5, 5.41) is 8.78. The van der Waals surface area contributed by atoms with Crippen molar-refractivity contribution >= 4 is 11.4 Å². The van der Waals surface area contributed by atoms with Crippen LogP contribution in [-0.2, 0) is 0 Å². The Balaban J connectivity index is 1.75. The molecule has 4 heteroatoms. The van der Waals surface area contributed by atoms with E-state index in [1.54, 1.807) is 6.07 Å². The number of nitrogen functional groups attached to an aromatic ring is 2. The maximum Gasteiger partial charge on any atom is 0.119 e. The van der Waals surface area contributed by atoms with E-state index in [9.17, 15) is 0 Å². The van der Waals surface area contributed by atoms with Crippen molar-refractivity contribution in [2.75, 3.05) is 24.7 Å². The van der Waals surface area contributed by atoms with E-state index in [-0.39, 0.29) is 6.61 Å². The molecule has 0 radical (unpaired) electrons. The summed E-state index contributed by atoms with van der Waals surface area (Å²) in [7, 11) is 0. The molecule has 0 saturated heterocycles. The Morgan fingerprint density at radius 1 is 0.680 bits per heavy atom. The predicted octanol–water partition coefficient (Wildman–Crippen LogP) is 3.95. The monoisotopic (exact) mass is 334 g/mol. The van der Waals surface area contributed by atoms with Crippen molar-refractivity contribution in [1.82, 2.24) is 0 Å². The molecule has 0 atom stereocenters. The predicted molar refractivity (Wildman–Crippen MR) is 103 cm³/mol. The molecule has 3 aromatic carbocycles. The lowest BCUT2D eigenvalue weighted by molar-refractivity contribution is 0.233. The Hall–Kier alpha value is -2.98. The van der Waals surface area contributed by atoms with Crippen LogP contribution in [0, 0.1) is 0 Å². The largest absolute Gasteiger partial charge is 0.494 e. The highest BCUT2D eigenvalue weighted by atomic mass is 16.5. The van der Waals surface area contributed by atoms with Crippen molar-refractivity contribution in [2.45, 2.75) is 6.42 Å². The van der Waals surface area contributed by atoms with Gasteiger partial charge in [-0.25, -0.2) is 0 Å². The van der Waals surface area contributed by atoms with Crippen LogP contribution in [0.5, 0.6) is 5.75 Å². The number of hydrogen-bond acceptors (Lipinski definition) is 4. The molecule has 0 spiro atoms. The molecular weight excluding hydrogens is 312 g/mol. The van der Waals surface area contributed by atoms with Gasteiger partial charge in [-0.2, -0.15) is 0 Å². The minimum absolute atomic E-state index is 0.142. The van der Waals surface area contributed by atoms with Crippen LogP contribution in [0.3, 0.4) is 0 Å². The summed E-state index contributed by atoms with van der Waals surface area (Å²) >= 11 is 0. The molecule has 0 bridgehead atoms. The number of nitrogens with two attached hydrogens (primary N) is 2. The molecule has 0 saturated carbocycles. The quantitative estimate of drug-likeness (QED) is 0.471. The van der Waals surface area contributed by atoms with Crippen LogP contribution in [0.15, 0.2) is 66.7 Å². The molecule has 0 unspecified atom stereocenters. The molecule has 0 aliphatic rings. The highest BCUT2D eigenvalue weighted by Gasteiger charge is 2.03. The molecule has 5 N–H and O–H groups in total. The fraction of sp³-hybridized carbons (Fsp3) is 0.143. The smallest absolute Gasteiger partial charge is 0.119 e. The van der Waals surface area contributed by atoms with E-state index in [4.69, 9.17) is 21.3 Å². The topological polar surface area (TPSA) is 81.5 Å². The van der Waals surface area contributed by atoms with Crippen molar-refractivity contribution in [3.05, 3.63) is 66.7 Å². The van der Waals surface area contributed by atoms with Gasteiger partial charge >= 0.3 is 0 Å². The molecule has 0 heterocycles. The summed E-state index contributed by atoms with van der Waals surface area (Å²) in [6.07, 6.45) is 0.637. The molecule has 0 amide bonds. The zero-order valence-electron chi connectivity index (χ0n) is 14.0. The van der Waals surface area contributed by atoms with E-state index < -0.39 is 0 Å².